The zero-order valence-corrected chi connectivity index (χ0v) is 14.0. The first kappa shape index (κ1) is 17.8. The van der Waals surface area contributed by atoms with Gasteiger partial charge in [0.05, 0.1) is 19.0 Å². The number of nitrogens with one attached hydrogen (secondary N) is 1. The number of thioether (sulfide) groups is 1. The molecule has 0 aliphatic heterocycles. The van der Waals surface area contributed by atoms with Gasteiger partial charge in [0.1, 0.15) is 11.6 Å². The van der Waals surface area contributed by atoms with Crippen molar-refractivity contribution in [2.24, 2.45) is 0 Å². The molecule has 0 spiro atoms. The second-order valence-electron chi connectivity index (χ2n) is 4.44. The lowest BCUT2D eigenvalue weighted by atomic mass is 10.2. The van der Waals surface area contributed by atoms with E-state index < -0.39 is 11.5 Å². The highest BCUT2D eigenvalue weighted by Gasteiger charge is 2.13. The van der Waals surface area contributed by atoms with Crippen LogP contribution in [0.25, 0.3) is 0 Å². The van der Waals surface area contributed by atoms with Crippen LogP contribution in [0, 0.1) is 0 Å². The predicted molar refractivity (Wildman–Crippen MR) is 86.2 cm³/mol. The highest BCUT2D eigenvalue weighted by Crippen LogP contribution is 2.17. The maximum absolute atomic E-state index is 12.0. The minimum Gasteiger partial charge on any atom is -0.468 e. The molecule has 0 radical (unpaired) electrons. The Kier molecular flexibility index (Phi) is 7.60. The van der Waals surface area contributed by atoms with Gasteiger partial charge in [-0.3, -0.25) is 9.59 Å². The molecule has 0 bridgehead atoms. The molecule has 1 heterocycles. The molecule has 0 aromatic carbocycles. The molecule has 118 valence electrons. The molecule has 1 rings (SSSR count). The predicted octanol–water partition coefficient (Wildman–Crippen LogP) is 2.01. The SMILES string of the molecule is CCSCCC(C)Nc1cnn(CC(=O)OC)c(=O)c1Cl. The van der Waals surface area contributed by atoms with Gasteiger partial charge in [-0.2, -0.15) is 16.9 Å². The van der Waals surface area contributed by atoms with E-state index in [9.17, 15) is 9.59 Å². The minimum atomic E-state index is -0.550. The summed E-state index contributed by atoms with van der Waals surface area (Å²) in [5.74, 6) is 1.57. The summed E-state index contributed by atoms with van der Waals surface area (Å²) in [4.78, 5) is 23.2. The molecular weight excluding hydrogens is 314 g/mol. The number of carbonyl (C=O) groups excluding carboxylic acids is 1. The van der Waals surface area contributed by atoms with Crippen LogP contribution < -0.4 is 10.9 Å². The van der Waals surface area contributed by atoms with Crippen molar-refractivity contribution in [3.8, 4) is 0 Å². The Bertz CT molecular complexity index is 536. The molecule has 21 heavy (non-hydrogen) atoms. The van der Waals surface area contributed by atoms with Crippen LogP contribution in [0.4, 0.5) is 5.69 Å². The van der Waals surface area contributed by atoms with E-state index in [1.165, 1.54) is 13.3 Å². The number of esters is 1. The normalized spacial score (nSPS) is 12.0. The van der Waals surface area contributed by atoms with E-state index in [0.717, 1.165) is 22.6 Å². The van der Waals surface area contributed by atoms with Gasteiger partial charge in [0.25, 0.3) is 5.56 Å². The molecule has 1 atom stereocenters. The van der Waals surface area contributed by atoms with Crippen molar-refractivity contribution in [2.45, 2.75) is 32.9 Å². The average Bonchev–Trinajstić information content (AvgIpc) is 2.47. The van der Waals surface area contributed by atoms with Crippen molar-refractivity contribution >= 4 is 35.0 Å². The second-order valence-corrected chi connectivity index (χ2v) is 6.21. The number of ether oxygens (including phenoxy) is 1. The maximum Gasteiger partial charge on any atom is 0.327 e. The van der Waals surface area contributed by atoms with Gasteiger partial charge < -0.3 is 10.1 Å². The van der Waals surface area contributed by atoms with Crippen LogP contribution in [0.15, 0.2) is 11.0 Å². The van der Waals surface area contributed by atoms with Gasteiger partial charge in [-0.1, -0.05) is 18.5 Å². The Labute approximate surface area is 133 Å². The number of methoxy groups -OCH3 is 1. The summed E-state index contributed by atoms with van der Waals surface area (Å²) in [6.07, 6.45) is 2.41. The number of carbonyl (C=O) groups is 1. The number of nitrogens with zero attached hydrogens (tertiary/aromatic N) is 2. The highest BCUT2D eigenvalue weighted by molar-refractivity contribution is 7.99. The summed E-state index contributed by atoms with van der Waals surface area (Å²) in [6.45, 7) is 3.88. The summed E-state index contributed by atoms with van der Waals surface area (Å²) < 4.78 is 5.48. The van der Waals surface area contributed by atoms with Crippen molar-refractivity contribution in [2.75, 3.05) is 23.9 Å². The number of anilines is 1. The molecule has 1 aromatic heterocycles. The molecule has 0 aliphatic carbocycles. The van der Waals surface area contributed by atoms with Crippen LogP contribution in [-0.2, 0) is 16.1 Å². The first-order valence-corrected chi connectivity index (χ1v) is 8.19. The third-order valence-electron chi connectivity index (χ3n) is 2.79. The van der Waals surface area contributed by atoms with Crippen LogP contribution in [0.1, 0.15) is 20.3 Å². The van der Waals surface area contributed by atoms with E-state index in [1.54, 1.807) is 0 Å². The van der Waals surface area contributed by atoms with Gasteiger partial charge in [0.2, 0.25) is 0 Å². The van der Waals surface area contributed by atoms with Gasteiger partial charge >= 0.3 is 5.97 Å². The molecular formula is C13H20ClN3O3S. The van der Waals surface area contributed by atoms with E-state index in [-0.39, 0.29) is 17.6 Å². The van der Waals surface area contributed by atoms with E-state index in [2.05, 4.69) is 22.1 Å². The highest BCUT2D eigenvalue weighted by atomic mass is 35.5. The van der Waals surface area contributed by atoms with Crippen molar-refractivity contribution in [1.82, 2.24) is 9.78 Å². The Morgan fingerprint density at radius 1 is 1.62 bits per heavy atom. The van der Waals surface area contributed by atoms with Crippen molar-refractivity contribution < 1.29 is 9.53 Å². The van der Waals surface area contributed by atoms with Gasteiger partial charge in [0.15, 0.2) is 0 Å². The zero-order valence-electron chi connectivity index (χ0n) is 12.4. The van der Waals surface area contributed by atoms with E-state index in [4.69, 9.17) is 11.6 Å². The second kappa shape index (κ2) is 8.94. The van der Waals surface area contributed by atoms with E-state index in [1.807, 2.05) is 18.7 Å². The fourth-order valence-corrected chi connectivity index (χ4v) is 2.62. The van der Waals surface area contributed by atoms with Crippen molar-refractivity contribution in [1.29, 1.82) is 0 Å². The molecule has 0 saturated heterocycles. The fourth-order valence-electron chi connectivity index (χ4n) is 1.61. The number of rotatable bonds is 8. The van der Waals surface area contributed by atoms with Crippen molar-refractivity contribution in [3.05, 3.63) is 21.6 Å². The minimum absolute atomic E-state index is 0.0314. The topological polar surface area (TPSA) is 73.2 Å². The average molecular weight is 334 g/mol. The molecule has 1 unspecified atom stereocenters. The summed E-state index contributed by atoms with van der Waals surface area (Å²) in [6, 6.07) is 0.180. The van der Waals surface area contributed by atoms with Crippen LogP contribution in [0.3, 0.4) is 0 Å². The molecule has 0 fully saturated rings. The Morgan fingerprint density at radius 2 is 2.33 bits per heavy atom. The van der Waals surface area contributed by atoms with Gasteiger partial charge in [0, 0.05) is 6.04 Å². The quantitative estimate of drug-likeness (QED) is 0.579. The number of aromatic nitrogens is 2. The number of halogens is 1. The molecule has 1 N–H and O–H groups in total. The molecule has 0 saturated carbocycles. The first-order chi connectivity index (χ1) is 9.99. The Balaban J connectivity index is 2.75. The largest absolute Gasteiger partial charge is 0.468 e. The monoisotopic (exact) mass is 333 g/mol. The molecule has 0 aliphatic rings. The summed E-state index contributed by atoms with van der Waals surface area (Å²) in [5.41, 5.74) is -0.0287. The number of hydrogen-bond acceptors (Lipinski definition) is 6. The summed E-state index contributed by atoms with van der Waals surface area (Å²) in [7, 11) is 1.25. The summed E-state index contributed by atoms with van der Waals surface area (Å²) >= 11 is 7.90. The standard InChI is InChI=1S/C13H20ClN3O3S/c1-4-21-6-5-9(2)16-10-7-15-17(8-11(18)20-3)13(19)12(10)14/h7,9,16H,4-6,8H2,1-3H3. The van der Waals surface area contributed by atoms with Gasteiger partial charge in [-0.25, -0.2) is 4.68 Å². The van der Waals surface area contributed by atoms with Gasteiger partial charge in [-0.15, -0.1) is 0 Å². The first-order valence-electron chi connectivity index (χ1n) is 6.66. The van der Waals surface area contributed by atoms with Crippen LogP contribution >= 0.6 is 23.4 Å². The molecule has 8 heteroatoms. The third-order valence-corrected chi connectivity index (χ3v) is 4.09. The van der Waals surface area contributed by atoms with Crippen LogP contribution in [-0.4, -0.2) is 40.4 Å². The number of hydrogen-bond donors (Lipinski definition) is 1. The summed E-state index contributed by atoms with van der Waals surface area (Å²) in [5, 5.41) is 7.13. The fraction of sp³-hybridized carbons (Fsp3) is 0.615. The molecule has 6 nitrogen and oxygen atoms in total. The Morgan fingerprint density at radius 3 is 2.95 bits per heavy atom. The van der Waals surface area contributed by atoms with Crippen molar-refractivity contribution in [3.63, 3.8) is 0 Å². The lowest BCUT2D eigenvalue weighted by Crippen LogP contribution is -2.29. The van der Waals surface area contributed by atoms with Crippen LogP contribution in [0.5, 0.6) is 0 Å². The van der Waals surface area contributed by atoms with Gasteiger partial charge in [-0.05, 0) is 24.9 Å². The smallest absolute Gasteiger partial charge is 0.327 e. The van der Waals surface area contributed by atoms with E-state index >= 15 is 0 Å². The Hall–Kier alpha value is -1.21. The lowest BCUT2D eigenvalue weighted by molar-refractivity contribution is -0.141. The third kappa shape index (κ3) is 5.59. The lowest BCUT2D eigenvalue weighted by Gasteiger charge is -2.16. The molecule has 0 amide bonds. The maximum atomic E-state index is 12.0. The molecule has 1 aromatic rings. The van der Waals surface area contributed by atoms with Crippen LogP contribution in [0.2, 0.25) is 5.02 Å². The van der Waals surface area contributed by atoms with E-state index in [0.29, 0.717) is 5.69 Å². The zero-order chi connectivity index (χ0) is 15.8.